The third kappa shape index (κ3) is 2.86. The molecular formula is C11H10Cl2O2. The number of hydrogen-bond acceptors (Lipinski definition) is 2. The first-order valence-electron chi connectivity index (χ1n) is 4.78. The van der Waals surface area contributed by atoms with Crippen molar-refractivity contribution in [1.29, 1.82) is 0 Å². The Morgan fingerprint density at radius 3 is 2.40 bits per heavy atom. The van der Waals surface area contributed by atoms with E-state index in [-0.39, 0.29) is 11.9 Å². The lowest BCUT2D eigenvalue weighted by molar-refractivity contribution is -0.117. The van der Waals surface area contributed by atoms with Crippen LogP contribution in [0.5, 0.6) is 5.75 Å². The summed E-state index contributed by atoms with van der Waals surface area (Å²) in [5.41, 5.74) is 0. The van der Waals surface area contributed by atoms with Crippen LogP contribution in [0.3, 0.4) is 0 Å². The second-order valence-electron chi connectivity index (χ2n) is 3.63. The van der Waals surface area contributed by atoms with Crippen LogP contribution in [-0.4, -0.2) is 11.9 Å². The summed E-state index contributed by atoms with van der Waals surface area (Å²) in [7, 11) is 0. The smallest absolute Gasteiger partial charge is 0.136 e. The summed E-state index contributed by atoms with van der Waals surface area (Å²) in [6.07, 6.45) is 1.86. The molecule has 1 atom stereocenters. The first-order chi connectivity index (χ1) is 7.13. The maximum atomic E-state index is 11.0. The highest BCUT2D eigenvalue weighted by Gasteiger charge is 2.23. The van der Waals surface area contributed by atoms with Crippen LogP contribution in [0.15, 0.2) is 18.2 Å². The van der Waals surface area contributed by atoms with E-state index in [0.29, 0.717) is 28.6 Å². The Balaban J connectivity index is 2.07. The van der Waals surface area contributed by atoms with E-state index >= 15 is 0 Å². The SMILES string of the molecule is O=C1CCC(Oc2cc(Cl)cc(Cl)c2)C1. The molecule has 0 aromatic heterocycles. The van der Waals surface area contributed by atoms with Gasteiger partial charge >= 0.3 is 0 Å². The number of halogens is 2. The van der Waals surface area contributed by atoms with E-state index in [1.165, 1.54) is 0 Å². The van der Waals surface area contributed by atoms with Gasteiger partial charge in [-0.25, -0.2) is 0 Å². The van der Waals surface area contributed by atoms with Gasteiger partial charge in [0.2, 0.25) is 0 Å². The number of carbonyl (C=O) groups excluding carboxylic acids is 1. The van der Waals surface area contributed by atoms with Gasteiger partial charge in [0, 0.05) is 22.9 Å². The van der Waals surface area contributed by atoms with Crippen LogP contribution >= 0.6 is 23.2 Å². The number of hydrogen-bond donors (Lipinski definition) is 0. The summed E-state index contributed by atoms with van der Waals surface area (Å²) in [6, 6.07) is 5.06. The van der Waals surface area contributed by atoms with Crippen molar-refractivity contribution in [3.63, 3.8) is 0 Å². The Kier molecular flexibility index (Phi) is 3.17. The van der Waals surface area contributed by atoms with E-state index in [1.807, 2.05) is 0 Å². The standard InChI is InChI=1S/C11H10Cl2O2/c12-7-3-8(13)5-11(4-7)15-10-2-1-9(14)6-10/h3-5,10H,1-2,6H2. The number of rotatable bonds is 2. The van der Waals surface area contributed by atoms with Gasteiger partial charge in [0.1, 0.15) is 17.6 Å². The van der Waals surface area contributed by atoms with Gasteiger partial charge in [0.25, 0.3) is 0 Å². The fourth-order valence-electron chi connectivity index (χ4n) is 1.67. The van der Waals surface area contributed by atoms with Gasteiger partial charge in [-0.05, 0) is 24.6 Å². The van der Waals surface area contributed by atoms with Crippen LogP contribution in [0.4, 0.5) is 0 Å². The minimum Gasteiger partial charge on any atom is -0.490 e. The molecule has 1 aliphatic carbocycles. The van der Waals surface area contributed by atoms with Gasteiger partial charge in [-0.1, -0.05) is 23.2 Å². The number of benzene rings is 1. The van der Waals surface area contributed by atoms with Crippen LogP contribution < -0.4 is 4.74 Å². The molecule has 1 aromatic carbocycles. The molecule has 1 aromatic rings. The summed E-state index contributed by atoms with van der Waals surface area (Å²) < 4.78 is 5.62. The zero-order valence-corrected chi connectivity index (χ0v) is 9.52. The van der Waals surface area contributed by atoms with E-state index in [2.05, 4.69) is 0 Å². The van der Waals surface area contributed by atoms with E-state index in [9.17, 15) is 4.79 Å². The molecule has 15 heavy (non-hydrogen) atoms. The summed E-state index contributed by atoms with van der Waals surface area (Å²) in [6.45, 7) is 0. The number of ether oxygens (including phenoxy) is 1. The average Bonchev–Trinajstić information content (AvgIpc) is 2.49. The lowest BCUT2D eigenvalue weighted by atomic mass is 10.3. The van der Waals surface area contributed by atoms with E-state index in [1.54, 1.807) is 18.2 Å². The molecule has 0 heterocycles. The van der Waals surface area contributed by atoms with Crippen LogP contribution in [-0.2, 0) is 4.79 Å². The third-order valence-corrected chi connectivity index (χ3v) is 2.78. The average molecular weight is 245 g/mol. The predicted octanol–water partition coefficient (Wildman–Crippen LogP) is 3.49. The summed E-state index contributed by atoms with van der Waals surface area (Å²) in [4.78, 5) is 11.0. The fraction of sp³-hybridized carbons (Fsp3) is 0.364. The van der Waals surface area contributed by atoms with Crippen molar-refractivity contribution in [3.8, 4) is 5.75 Å². The molecule has 1 unspecified atom stereocenters. The fourth-order valence-corrected chi connectivity index (χ4v) is 2.18. The zero-order chi connectivity index (χ0) is 10.8. The van der Waals surface area contributed by atoms with Gasteiger partial charge in [-0.3, -0.25) is 4.79 Å². The van der Waals surface area contributed by atoms with Crippen molar-refractivity contribution in [2.45, 2.75) is 25.4 Å². The Bertz CT molecular complexity index is 370. The molecule has 0 saturated heterocycles. The van der Waals surface area contributed by atoms with E-state index < -0.39 is 0 Å². The second kappa shape index (κ2) is 4.42. The van der Waals surface area contributed by atoms with E-state index in [4.69, 9.17) is 27.9 Å². The van der Waals surface area contributed by atoms with E-state index in [0.717, 1.165) is 6.42 Å². The minimum atomic E-state index is -0.0213. The molecular weight excluding hydrogens is 235 g/mol. The van der Waals surface area contributed by atoms with Gasteiger partial charge < -0.3 is 4.74 Å². The van der Waals surface area contributed by atoms with Crippen molar-refractivity contribution >= 4 is 29.0 Å². The Labute approximate surface area is 98.1 Å². The third-order valence-electron chi connectivity index (χ3n) is 2.34. The Morgan fingerprint density at radius 1 is 1.20 bits per heavy atom. The molecule has 80 valence electrons. The van der Waals surface area contributed by atoms with Crippen LogP contribution in [0.25, 0.3) is 0 Å². The van der Waals surface area contributed by atoms with Gasteiger partial charge in [0.15, 0.2) is 0 Å². The van der Waals surface area contributed by atoms with Crippen molar-refractivity contribution in [2.24, 2.45) is 0 Å². The largest absolute Gasteiger partial charge is 0.490 e. The Morgan fingerprint density at radius 2 is 1.87 bits per heavy atom. The topological polar surface area (TPSA) is 26.3 Å². The summed E-state index contributed by atoms with van der Waals surface area (Å²) in [5, 5.41) is 1.09. The molecule has 0 N–H and O–H groups in total. The summed E-state index contributed by atoms with van der Waals surface area (Å²) >= 11 is 11.7. The zero-order valence-electron chi connectivity index (χ0n) is 8.00. The molecule has 0 radical (unpaired) electrons. The van der Waals surface area contributed by atoms with Crippen molar-refractivity contribution in [3.05, 3.63) is 28.2 Å². The molecule has 1 fully saturated rings. The van der Waals surface area contributed by atoms with Crippen molar-refractivity contribution in [2.75, 3.05) is 0 Å². The lowest BCUT2D eigenvalue weighted by Crippen LogP contribution is -2.11. The van der Waals surface area contributed by atoms with Crippen LogP contribution in [0.2, 0.25) is 10.0 Å². The highest BCUT2D eigenvalue weighted by atomic mass is 35.5. The monoisotopic (exact) mass is 244 g/mol. The minimum absolute atomic E-state index is 0.0213. The van der Waals surface area contributed by atoms with Gasteiger partial charge in [-0.15, -0.1) is 0 Å². The molecule has 0 spiro atoms. The summed E-state index contributed by atoms with van der Waals surface area (Å²) in [5.74, 6) is 0.889. The van der Waals surface area contributed by atoms with Gasteiger partial charge in [-0.2, -0.15) is 0 Å². The molecule has 4 heteroatoms. The predicted molar refractivity (Wildman–Crippen MR) is 59.7 cm³/mol. The highest BCUT2D eigenvalue weighted by molar-refractivity contribution is 6.34. The molecule has 2 rings (SSSR count). The maximum Gasteiger partial charge on any atom is 0.136 e. The first-order valence-corrected chi connectivity index (χ1v) is 5.53. The number of ketones is 1. The Hall–Kier alpha value is -0.730. The molecule has 0 amide bonds. The van der Waals surface area contributed by atoms with Crippen LogP contribution in [0, 0.1) is 0 Å². The quantitative estimate of drug-likeness (QED) is 0.797. The molecule has 0 bridgehead atoms. The normalized spacial score (nSPS) is 20.7. The van der Waals surface area contributed by atoms with Gasteiger partial charge in [0.05, 0.1) is 0 Å². The number of carbonyl (C=O) groups is 1. The van der Waals surface area contributed by atoms with Crippen molar-refractivity contribution in [1.82, 2.24) is 0 Å². The van der Waals surface area contributed by atoms with Crippen LogP contribution in [0.1, 0.15) is 19.3 Å². The highest BCUT2D eigenvalue weighted by Crippen LogP contribution is 2.27. The molecule has 1 saturated carbocycles. The first kappa shape index (κ1) is 10.8. The lowest BCUT2D eigenvalue weighted by Gasteiger charge is -2.12. The molecule has 2 nitrogen and oxygen atoms in total. The maximum absolute atomic E-state index is 11.0. The molecule has 0 aliphatic heterocycles. The molecule has 1 aliphatic rings. The van der Waals surface area contributed by atoms with Crippen molar-refractivity contribution < 1.29 is 9.53 Å². The number of Topliss-reactive ketones (excluding diaryl/α,β-unsaturated/α-hetero) is 1. The second-order valence-corrected chi connectivity index (χ2v) is 4.50.